The van der Waals surface area contributed by atoms with Gasteiger partial charge in [0.2, 0.25) is 0 Å². The van der Waals surface area contributed by atoms with E-state index < -0.39 is 0 Å². The molecule has 1 aliphatic rings. The molecule has 0 aliphatic heterocycles. The molecule has 0 radical (unpaired) electrons. The molecule has 0 atom stereocenters. The maximum atomic E-state index is 3.49. The van der Waals surface area contributed by atoms with Crippen LogP contribution in [-0.2, 0) is 21.7 Å². The summed E-state index contributed by atoms with van der Waals surface area (Å²) in [5.41, 5.74) is 0. The fourth-order valence-corrected chi connectivity index (χ4v) is 0.340. The smallest absolute Gasteiger partial charge is 0.344 e. The number of rotatable bonds is 0. The van der Waals surface area contributed by atoms with Crippen molar-refractivity contribution in [2.45, 2.75) is 46.5 Å². The molecule has 0 fully saturated rings. The van der Waals surface area contributed by atoms with Gasteiger partial charge in [0, 0.05) is 0 Å². The van der Waals surface area contributed by atoms with E-state index in [0.29, 0.717) is 0 Å². The van der Waals surface area contributed by atoms with Gasteiger partial charge >= 0.3 is 21.7 Å². The Morgan fingerprint density at radius 3 is 1.40 bits per heavy atom. The molecular weight excluding hydrogens is 216 g/mol. The Labute approximate surface area is 113 Å². The van der Waals surface area contributed by atoms with Crippen LogP contribution in [0.3, 0.4) is 0 Å². The molecular formula is C14H26Ti. The third-order valence-corrected chi connectivity index (χ3v) is 0.586. The zero-order chi connectivity index (χ0) is 11.7. The topological polar surface area (TPSA) is 0 Å². The molecule has 0 heterocycles. The molecule has 0 aromatic rings. The summed E-state index contributed by atoms with van der Waals surface area (Å²) in [5, 5.41) is 0. The summed E-state index contributed by atoms with van der Waals surface area (Å²) in [7, 11) is 0. The Balaban J connectivity index is -0.0000000550. The van der Waals surface area contributed by atoms with Crippen LogP contribution in [0.5, 0.6) is 0 Å². The van der Waals surface area contributed by atoms with E-state index in [4.69, 9.17) is 0 Å². The third kappa shape index (κ3) is 78.2. The summed E-state index contributed by atoms with van der Waals surface area (Å²) in [6.45, 7) is 16.5. The van der Waals surface area contributed by atoms with E-state index in [1.807, 2.05) is 32.9 Å². The molecule has 0 nitrogen and oxygen atoms in total. The van der Waals surface area contributed by atoms with Crippen LogP contribution >= 0.6 is 0 Å². The van der Waals surface area contributed by atoms with Gasteiger partial charge in [-0.15, -0.1) is 6.42 Å². The Hall–Kier alpha value is 0.194. The SMILES string of the molecule is [C-]1=CC=CC1.[CH2-]CC.[CH2-]CC.[CH2-]CC.[Ti+4]. The van der Waals surface area contributed by atoms with E-state index in [-0.39, 0.29) is 21.7 Å². The van der Waals surface area contributed by atoms with Crippen LogP contribution in [0.2, 0.25) is 0 Å². The van der Waals surface area contributed by atoms with E-state index in [2.05, 4.69) is 32.9 Å². The van der Waals surface area contributed by atoms with Gasteiger partial charge in [-0.1, -0.05) is 20.8 Å². The first-order valence-electron chi connectivity index (χ1n) is 5.34. The van der Waals surface area contributed by atoms with E-state index in [1.165, 1.54) is 0 Å². The second-order valence-corrected chi connectivity index (χ2v) is 2.50. The van der Waals surface area contributed by atoms with Crippen LogP contribution in [0.1, 0.15) is 46.5 Å². The van der Waals surface area contributed by atoms with Crippen molar-refractivity contribution in [3.05, 3.63) is 45.1 Å². The van der Waals surface area contributed by atoms with Gasteiger partial charge in [-0.3, -0.25) is 6.08 Å². The molecule has 0 aromatic heterocycles. The van der Waals surface area contributed by atoms with Crippen LogP contribution < -0.4 is 0 Å². The minimum atomic E-state index is 0. The van der Waals surface area contributed by atoms with Gasteiger partial charge in [0.25, 0.3) is 0 Å². The quantitative estimate of drug-likeness (QED) is 0.414. The van der Waals surface area contributed by atoms with Crippen molar-refractivity contribution >= 4 is 0 Å². The van der Waals surface area contributed by atoms with Crippen LogP contribution in [0, 0.1) is 26.8 Å². The van der Waals surface area contributed by atoms with Crippen LogP contribution in [0.4, 0.5) is 0 Å². The maximum Gasteiger partial charge on any atom is 4.00 e. The van der Waals surface area contributed by atoms with Crippen LogP contribution in [0.25, 0.3) is 0 Å². The van der Waals surface area contributed by atoms with Crippen LogP contribution in [0.15, 0.2) is 18.2 Å². The van der Waals surface area contributed by atoms with Gasteiger partial charge < -0.3 is 20.8 Å². The van der Waals surface area contributed by atoms with Gasteiger partial charge in [-0.05, 0) is 0 Å². The molecule has 0 saturated heterocycles. The van der Waals surface area contributed by atoms with E-state index in [1.54, 1.807) is 0 Å². The van der Waals surface area contributed by atoms with Gasteiger partial charge in [-0.25, -0.2) is 12.2 Å². The molecule has 0 unspecified atom stereocenters. The van der Waals surface area contributed by atoms with Crippen molar-refractivity contribution in [2.75, 3.05) is 0 Å². The van der Waals surface area contributed by atoms with E-state index >= 15 is 0 Å². The van der Waals surface area contributed by atoms with Crippen molar-refractivity contribution in [1.29, 1.82) is 0 Å². The fraction of sp³-hybridized carbons (Fsp3) is 0.500. The first-order chi connectivity index (χ1) is 6.74. The molecule has 0 spiro atoms. The molecule has 1 rings (SSSR count). The van der Waals surface area contributed by atoms with Crippen molar-refractivity contribution in [2.24, 2.45) is 0 Å². The first kappa shape index (κ1) is 24.4. The summed E-state index contributed by atoms with van der Waals surface area (Å²) < 4.78 is 0. The molecule has 1 heteroatoms. The van der Waals surface area contributed by atoms with Crippen molar-refractivity contribution in [1.82, 2.24) is 0 Å². The Morgan fingerprint density at radius 2 is 1.33 bits per heavy atom. The number of hydrogen-bond donors (Lipinski definition) is 0. The maximum absolute atomic E-state index is 3.49. The minimum absolute atomic E-state index is 0. The molecule has 15 heavy (non-hydrogen) atoms. The van der Waals surface area contributed by atoms with Crippen molar-refractivity contribution in [3.63, 3.8) is 0 Å². The number of hydrogen-bond acceptors (Lipinski definition) is 0. The van der Waals surface area contributed by atoms with Crippen molar-refractivity contribution in [3.8, 4) is 0 Å². The fourth-order valence-electron chi connectivity index (χ4n) is 0.340. The molecule has 0 aromatic carbocycles. The molecule has 0 N–H and O–H groups in total. The summed E-state index contributed by atoms with van der Waals surface area (Å²) in [4.78, 5) is 0. The summed E-state index contributed by atoms with van der Waals surface area (Å²) in [5.74, 6) is 0. The van der Waals surface area contributed by atoms with Gasteiger partial charge in [0.15, 0.2) is 0 Å². The normalized spacial score (nSPS) is 9.47. The summed E-state index contributed by atoms with van der Waals surface area (Å²) >= 11 is 0. The molecule has 1 aliphatic carbocycles. The van der Waals surface area contributed by atoms with Crippen molar-refractivity contribution < 1.29 is 21.7 Å². The Morgan fingerprint density at radius 1 is 1.00 bits per heavy atom. The second kappa shape index (κ2) is 36.8. The first-order valence-corrected chi connectivity index (χ1v) is 5.34. The van der Waals surface area contributed by atoms with E-state index in [0.717, 1.165) is 25.7 Å². The van der Waals surface area contributed by atoms with Gasteiger partial charge in [0.05, 0.1) is 0 Å². The molecule has 0 saturated carbocycles. The van der Waals surface area contributed by atoms with E-state index in [9.17, 15) is 0 Å². The molecule has 0 amide bonds. The molecule has 0 bridgehead atoms. The largest absolute Gasteiger partial charge is 4.00 e. The summed E-state index contributed by atoms with van der Waals surface area (Å²) in [6.07, 6.45) is 13.0. The average Bonchev–Trinajstić information content (AvgIpc) is 2.63. The standard InChI is InChI=1S/C5H5.3C3H7.Ti/c1-2-4-5-3-1;3*1-3-2;/h1-3H,4H2;3*1,3H2,2H3;/q4*-1;+4. The zero-order valence-electron chi connectivity index (χ0n) is 10.7. The zero-order valence-corrected chi connectivity index (χ0v) is 12.2. The Kier molecular flexibility index (Phi) is 59.9. The van der Waals surface area contributed by atoms with Gasteiger partial charge in [-0.2, -0.15) is 25.3 Å². The third-order valence-electron chi connectivity index (χ3n) is 0.586. The molecule has 86 valence electrons. The average molecular weight is 242 g/mol. The Bertz CT molecular complexity index is 89.2. The van der Waals surface area contributed by atoms with Gasteiger partial charge in [0.1, 0.15) is 0 Å². The number of allylic oxidation sites excluding steroid dienone is 4. The predicted octanol–water partition coefficient (Wildman–Crippen LogP) is 4.99. The predicted molar refractivity (Wildman–Crippen MR) is 68.5 cm³/mol. The van der Waals surface area contributed by atoms with Crippen LogP contribution in [-0.4, -0.2) is 0 Å². The second-order valence-electron chi connectivity index (χ2n) is 2.50. The summed E-state index contributed by atoms with van der Waals surface area (Å²) in [6, 6.07) is 0. The monoisotopic (exact) mass is 242 g/mol. The minimum Gasteiger partial charge on any atom is -0.344 e.